The van der Waals surface area contributed by atoms with Crippen molar-refractivity contribution in [2.24, 2.45) is 0 Å². The van der Waals surface area contributed by atoms with Crippen LogP contribution in [-0.2, 0) is 0 Å². The Kier molecular flexibility index (Phi) is 4.68. The Hall–Kier alpha value is -2.95. The van der Waals surface area contributed by atoms with Crippen molar-refractivity contribution >= 4 is 11.9 Å². The molecule has 0 saturated heterocycles. The van der Waals surface area contributed by atoms with Gasteiger partial charge in [0.25, 0.3) is 0 Å². The number of aromatic hydroxyl groups is 2. The maximum Gasteiger partial charge on any atom is 0.200 e. The maximum absolute atomic E-state index is 12.0. The molecule has 0 atom stereocenters. The molecule has 0 unspecified atom stereocenters. The highest BCUT2D eigenvalue weighted by Gasteiger charge is 2.10. The van der Waals surface area contributed by atoms with Gasteiger partial charge in [0, 0.05) is 5.56 Å². The molecule has 0 amide bonds. The minimum Gasteiger partial charge on any atom is -0.508 e. The summed E-state index contributed by atoms with van der Waals surface area (Å²) in [6.45, 7) is 0. The molecule has 2 aromatic rings. The number of phenols is 2. The lowest BCUT2D eigenvalue weighted by Crippen LogP contribution is -1.94. The molecule has 5 heteroatoms. The lowest BCUT2D eigenvalue weighted by molar-refractivity contribution is 0.104. The number of benzene rings is 2. The van der Waals surface area contributed by atoms with Gasteiger partial charge in [0.1, 0.15) is 5.75 Å². The molecule has 2 aromatic carbocycles. The molecule has 0 aliphatic rings. The third-order valence-electron chi connectivity index (χ3n) is 3.08. The molecular weight excluding hydrogens is 284 g/mol. The number of hydrogen-bond donors (Lipinski definition) is 2. The molecule has 0 aliphatic carbocycles. The van der Waals surface area contributed by atoms with Crippen molar-refractivity contribution < 1.29 is 24.5 Å². The summed E-state index contributed by atoms with van der Waals surface area (Å²) in [6.07, 6.45) is 3.00. The largest absolute Gasteiger partial charge is 0.508 e. The molecule has 0 aliphatic heterocycles. The van der Waals surface area contributed by atoms with Crippen LogP contribution in [0.4, 0.5) is 0 Å². The molecule has 0 fully saturated rings. The van der Waals surface area contributed by atoms with Crippen LogP contribution in [0, 0.1) is 0 Å². The van der Waals surface area contributed by atoms with E-state index in [1.807, 2.05) is 0 Å². The minimum absolute atomic E-state index is 0.0907. The van der Waals surface area contributed by atoms with Gasteiger partial charge in [-0.25, -0.2) is 0 Å². The number of carbonyl (C=O) groups excluding carboxylic acids is 1. The van der Waals surface area contributed by atoms with Gasteiger partial charge in [0.05, 0.1) is 14.2 Å². The Morgan fingerprint density at radius 3 is 2.05 bits per heavy atom. The number of methoxy groups -OCH3 is 2. The number of rotatable bonds is 5. The number of carbonyl (C=O) groups is 1. The van der Waals surface area contributed by atoms with Gasteiger partial charge in [-0.15, -0.1) is 0 Å². The smallest absolute Gasteiger partial charge is 0.200 e. The van der Waals surface area contributed by atoms with E-state index in [2.05, 4.69) is 0 Å². The highest BCUT2D eigenvalue weighted by molar-refractivity contribution is 6.06. The van der Waals surface area contributed by atoms with Gasteiger partial charge in [0.15, 0.2) is 17.3 Å². The standard InChI is InChI=1S/C17H16O5/c1-21-15-9-11(10-16(22-2)17(15)20)3-8-14(19)12-4-6-13(18)7-5-12/h3-10,18,20H,1-2H3/b8-3+. The first kappa shape index (κ1) is 15.4. The molecule has 0 radical (unpaired) electrons. The molecule has 5 nitrogen and oxygen atoms in total. The van der Waals surface area contributed by atoms with Crippen LogP contribution in [0.3, 0.4) is 0 Å². The summed E-state index contributed by atoms with van der Waals surface area (Å²) in [5, 5.41) is 19.0. The SMILES string of the molecule is COc1cc(/C=C/C(=O)c2ccc(O)cc2)cc(OC)c1O. The fourth-order valence-electron chi connectivity index (χ4n) is 1.90. The number of allylic oxidation sites excluding steroid dienone is 1. The van der Waals surface area contributed by atoms with Crippen LogP contribution in [0.25, 0.3) is 6.08 Å². The summed E-state index contributed by atoms with van der Waals surface area (Å²) in [6, 6.07) is 9.18. The van der Waals surface area contributed by atoms with Gasteiger partial charge in [-0.2, -0.15) is 0 Å². The van der Waals surface area contributed by atoms with Crippen LogP contribution in [0.1, 0.15) is 15.9 Å². The Morgan fingerprint density at radius 2 is 1.55 bits per heavy atom. The summed E-state index contributed by atoms with van der Waals surface area (Å²) in [7, 11) is 2.87. The number of hydrogen-bond acceptors (Lipinski definition) is 5. The monoisotopic (exact) mass is 300 g/mol. The predicted molar refractivity (Wildman–Crippen MR) is 82.7 cm³/mol. The molecule has 114 valence electrons. The van der Waals surface area contributed by atoms with Gasteiger partial charge in [-0.05, 0) is 48.0 Å². The van der Waals surface area contributed by atoms with Crippen molar-refractivity contribution in [1.82, 2.24) is 0 Å². The summed E-state index contributed by atoms with van der Waals surface area (Å²) in [5.41, 5.74) is 1.12. The third-order valence-corrected chi connectivity index (χ3v) is 3.08. The van der Waals surface area contributed by atoms with Gasteiger partial charge in [0.2, 0.25) is 5.75 Å². The van der Waals surface area contributed by atoms with Crippen molar-refractivity contribution in [2.45, 2.75) is 0 Å². The van der Waals surface area contributed by atoms with Crippen LogP contribution in [0.2, 0.25) is 0 Å². The first-order valence-corrected chi connectivity index (χ1v) is 6.51. The molecule has 0 bridgehead atoms. The second-order valence-corrected chi connectivity index (χ2v) is 4.52. The van der Waals surface area contributed by atoms with E-state index in [1.165, 1.54) is 32.4 Å². The molecule has 0 saturated carbocycles. The van der Waals surface area contributed by atoms with Crippen molar-refractivity contribution in [1.29, 1.82) is 0 Å². The Morgan fingerprint density at radius 1 is 1.00 bits per heavy atom. The van der Waals surface area contributed by atoms with E-state index in [9.17, 15) is 15.0 Å². The van der Waals surface area contributed by atoms with Crippen molar-refractivity contribution in [3.05, 3.63) is 53.6 Å². The van der Waals surface area contributed by atoms with E-state index in [0.29, 0.717) is 11.1 Å². The average Bonchev–Trinajstić information content (AvgIpc) is 2.54. The molecule has 2 rings (SSSR count). The first-order valence-electron chi connectivity index (χ1n) is 6.51. The zero-order valence-corrected chi connectivity index (χ0v) is 12.2. The first-order chi connectivity index (χ1) is 10.5. The normalized spacial score (nSPS) is 10.6. The second kappa shape index (κ2) is 6.67. The Balaban J connectivity index is 2.26. The van der Waals surface area contributed by atoms with Gasteiger partial charge < -0.3 is 19.7 Å². The maximum atomic E-state index is 12.0. The number of phenolic OH excluding ortho intramolecular Hbond substituents is 2. The molecule has 0 spiro atoms. The fourth-order valence-corrected chi connectivity index (χ4v) is 1.90. The van der Waals surface area contributed by atoms with Crippen LogP contribution < -0.4 is 9.47 Å². The van der Waals surface area contributed by atoms with E-state index in [4.69, 9.17) is 9.47 Å². The Bertz CT molecular complexity index is 676. The molecule has 2 N–H and O–H groups in total. The van der Waals surface area contributed by atoms with Gasteiger partial charge >= 0.3 is 0 Å². The van der Waals surface area contributed by atoms with E-state index < -0.39 is 0 Å². The summed E-state index contributed by atoms with van der Waals surface area (Å²) in [5.74, 6) is 0.332. The van der Waals surface area contributed by atoms with Gasteiger partial charge in [-0.3, -0.25) is 4.79 Å². The second-order valence-electron chi connectivity index (χ2n) is 4.52. The van der Waals surface area contributed by atoms with Crippen LogP contribution in [-0.4, -0.2) is 30.2 Å². The molecule has 22 heavy (non-hydrogen) atoms. The lowest BCUT2D eigenvalue weighted by Gasteiger charge is -2.09. The molecule has 0 heterocycles. The summed E-state index contributed by atoms with van der Waals surface area (Å²) >= 11 is 0. The van der Waals surface area contributed by atoms with E-state index in [0.717, 1.165) is 0 Å². The van der Waals surface area contributed by atoms with Crippen LogP contribution in [0.5, 0.6) is 23.0 Å². The zero-order chi connectivity index (χ0) is 16.1. The highest BCUT2D eigenvalue weighted by atomic mass is 16.5. The summed E-state index contributed by atoms with van der Waals surface area (Å²) in [4.78, 5) is 12.0. The van der Waals surface area contributed by atoms with Crippen molar-refractivity contribution in [3.8, 4) is 23.0 Å². The van der Waals surface area contributed by atoms with Gasteiger partial charge in [-0.1, -0.05) is 6.08 Å². The molecule has 0 aromatic heterocycles. The predicted octanol–water partition coefficient (Wildman–Crippen LogP) is 3.01. The lowest BCUT2D eigenvalue weighted by atomic mass is 10.1. The third kappa shape index (κ3) is 3.38. The minimum atomic E-state index is -0.203. The molecular formula is C17H16O5. The topological polar surface area (TPSA) is 76.0 Å². The van der Waals surface area contributed by atoms with Crippen molar-refractivity contribution in [3.63, 3.8) is 0 Å². The van der Waals surface area contributed by atoms with E-state index in [1.54, 1.807) is 30.3 Å². The average molecular weight is 300 g/mol. The Labute approximate surface area is 128 Å². The zero-order valence-electron chi connectivity index (χ0n) is 12.2. The number of ketones is 1. The quantitative estimate of drug-likeness (QED) is 0.655. The number of ether oxygens (including phenoxy) is 2. The fraction of sp³-hybridized carbons (Fsp3) is 0.118. The summed E-state index contributed by atoms with van der Waals surface area (Å²) < 4.78 is 10.1. The highest BCUT2D eigenvalue weighted by Crippen LogP contribution is 2.37. The van der Waals surface area contributed by atoms with E-state index in [-0.39, 0.29) is 28.8 Å². The van der Waals surface area contributed by atoms with Crippen LogP contribution >= 0.6 is 0 Å². The van der Waals surface area contributed by atoms with Crippen molar-refractivity contribution in [2.75, 3.05) is 14.2 Å². The van der Waals surface area contributed by atoms with E-state index >= 15 is 0 Å². The van der Waals surface area contributed by atoms with Crippen LogP contribution in [0.15, 0.2) is 42.5 Å².